The van der Waals surface area contributed by atoms with Crippen LogP contribution < -0.4 is 0 Å². The smallest absolute Gasteiger partial charge is 0.0402 e. The molecule has 112 valence electrons. The van der Waals surface area contributed by atoms with Crippen molar-refractivity contribution in [2.45, 2.75) is 20.8 Å². The molecule has 1 atom stereocenters. The number of nitrogens with one attached hydrogen (secondary N) is 1. The first kappa shape index (κ1) is 16.0. The molecule has 0 radical (unpaired) electrons. The highest BCUT2D eigenvalue weighted by atomic mass is 14.4. The van der Waals surface area contributed by atoms with Crippen LogP contribution in [0.3, 0.4) is 0 Å². The van der Waals surface area contributed by atoms with E-state index >= 15 is 0 Å². The predicted molar refractivity (Wildman–Crippen MR) is 97.1 cm³/mol. The van der Waals surface area contributed by atoms with Gasteiger partial charge in [0.15, 0.2) is 0 Å². The van der Waals surface area contributed by atoms with Gasteiger partial charge < -0.3 is 5.41 Å². The van der Waals surface area contributed by atoms with Gasteiger partial charge in [0.1, 0.15) is 0 Å². The summed E-state index contributed by atoms with van der Waals surface area (Å²) in [6, 6.07) is 20.7. The molecule has 0 amide bonds. The van der Waals surface area contributed by atoms with E-state index in [0.29, 0.717) is 5.71 Å². The first-order valence-electron chi connectivity index (χ1n) is 7.60. The van der Waals surface area contributed by atoms with E-state index in [2.05, 4.69) is 50.3 Å². The summed E-state index contributed by atoms with van der Waals surface area (Å²) in [4.78, 5) is 0. The van der Waals surface area contributed by atoms with Crippen molar-refractivity contribution in [1.29, 1.82) is 5.41 Å². The van der Waals surface area contributed by atoms with Crippen LogP contribution in [-0.2, 0) is 0 Å². The Balaban J connectivity index is 2.57. The van der Waals surface area contributed by atoms with Gasteiger partial charge in [-0.15, -0.1) is 0 Å². The maximum Gasteiger partial charge on any atom is 0.0402 e. The molecule has 22 heavy (non-hydrogen) atoms. The molecular formula is C21H23N. The van der Waals surface area contributed by atoms with Gasteiger partial charge in [-0.1, -0.05) is 78.4 Å². The van der Waals surface area contributed by atoms with Gasteiger partial charge in [-0.05, 0) is 37.5 Å². The van der Waals surface area contributed by atoms with Crippen LogP contribution in [0.15, 0.2) is 72.3 Å². The second-order valence-corrected chi connectivity index (χ2v) is 5.78. The number of benzene rings is 2. The highest BCUT2D eigenvalue weighted by molar-refractivity contribution is 6.00. The van der Waals surface area contributed by atoms with Gasteiger partial charge in [0.2, 0.25) is 0 Å². The summed E-state index contributed by atoms with van der Waals surface area (Å²) in [5, 5.41) is 8.21. The van der Waals surface area contributed by atoms with E-state index in [0.717, 1.165) is 5.56 Å². The van der Waals surface area contributed by atoms with Crippen LogP contribution in [0.5, 0.6) is 0 Å². The first-order chi connectivity index (χ1) is 10.6. The zero-order chi connectivity index (χ0) is 15.9. The van der Waals surface area contributed by atoms with E-state index in [4.69, 9.17) is 5.41 Å². The predicted octanol–water partition coefficient (Wildman–Crippen LogP) is 5.85. The Labute approximate surface area is 133 Å². The van der Waals surface area contributed by atoms with Crippen molar-refractivity contribution in [2.24, 2.45) is 5.92 Å². The molecule has 2 aromatic rings. The lowest BCUT2D eigenvalue weighted by Gasteiger charge is -2.18. The lowest BCUT2D eigenvalue weighted by molar-refractivity contribution is 1.09. The third-order valence-electron chi connectivity index (χ3n) is 3.53. The van der Waals surface area contributed by atoms with Crippen molar-refractivity contribution >= 4 is 17.4 Å². The maximum absolute atomic E-state index is 8.21. The lowest BCUT2D eigenvalue weighted by Crippen LogP contribution is -2.10. The Hall–Kier alpha value is -2.41. The average Bonchev–Trinajstić information content (AvgIpc) is 2.52. The standard InChI is InChI=1S/C21H23N/c1-16(2)14-20(17(3)22)21(19-12-8-5-9-13-19)15-18-10-6-4-7-11-18/h4-15,20,22H,1-3H3. The summed E-state index contributed by atoms with van der Waals surface area (Å²) in [7, 11) is 0. The van der Waals surface area contributed by atoms with Gasteiger partial charge >= 0.3 is 0 Å². The summed E-state index contributed by atoms with van der Waals surface area (Å²) in [5.74, 6) is 0.00704. The molecule has 0 aromatic heterocycles. The van der Waals surface area contributed by atoms with Crippen LogP contribution in [-0.4, -0.2) is 5.71 Å². The molecule has 0 saturated heterocycles. The number of hydrogen-bond acceptors (Lipinski definition) is 1. The fraction of sp³-hybridized carbons (Fsp3) is 0.190. The Bertz CT molecular complexity index is 674. The molecule has 0 bridgehead atoms. The highest BCUT2D eigenvalue weighted by Crippen LogP contribution is 2.29. The van der Waals surface area contributed by atoms with Crippen LogP contribution in [0.25, 0.3) is 11.6 Å². The number of allylic oxidation sites excluding steroid dienone is 3. The normalized spacial score (nSPS) is 12.6. The van der Waals surface area contributed by atoms with Crippen molar-refractivity contribution in [1.82, 2.24) is 0 Å². The van der Waals surface area contributed by atoms with Crippen LogP contribution in [0.1, 0.15) is 31.9 Å². The van der Waals surface area contributed by atoms with Gasteiger partial charge in [-0.2, -0.15) is 0 Å². The molecule has 1 heteroatoms. The van der Waals surface area contributed by atoms with E-state index in [1.165, 1.54) is 16.7 Å². The number of hydrogen-bond donors (Lipinski definition) is 1. The minimum Gasteiger partial charge on any atom is -0.309 e. The van der Waals surface area contributed by atoms with Crippen molar-refractivity contribution in [3.8, 4) is 0 Å². The third kappa shape index (κ3) is 4.29. The Morgan fingerprint density at radius 3 is 1.91 bits per heavy atom. The number of rotatable bonds is 5. The van der Waals surface area contributed by atoms with Crippen molar-refractivity contribution in [3.05, 3.63) is 83.4 Å². The van der Waals surface area contributed by atoms with E-state index in [1.807, 2.05) is 43.3 Å². The highest BCUT2D eigenvalue weighted by Gasteiger charge is 2.16. The molecule has 0 aliphatic rings. The van der Waals surface area contributed by atoms with Crippen molar-refractivity contribution in [2.75, 3.05) is 0 Å². The second-order valence-electron chi connectivity index (χ2n) is 5.78. The van der Waals surface area contributed by atoms with E-state index in [9.17, 15) is 0 Å². The van der Waals surface area contributed by atoms with Gasteiger partial charge in [0, 0.05) is 11.6 Å². The molecule has 0 heterocycles. The van der Waals surface area contributed by atoms with Gasteiger partial charge in [-0.3, -0.25) is 0 Å². The summed E-state index contributed by atoms with van der Waals surface area (Å²) in [6.07, 6.45) is 4.36. The van der Waals surface area contributed by atoms with Crippen molar-refractivity contribution in [3.63, 3.8) is 0 Å². The van der Waals surface area contributed by atoms with Gasteiger partial charge in [-0.25, -0.2) is 0 Å². The zero-order valence-corrected chi connectivity index (χ0v) is 13.5. The molecular weight excluding hydrogens is 266 g/mol. The summed E-state index contributed by atoms with van der Waals surface area (Å²) >= 11 is 0. The van der Waals surface area contributed by atoms with E-state index in [-0.39, 0.29) is 5.92 Å². The molecule has 0 saturated carbocycles. The molecule has 1 unspecified atom stereocenters. The summed E-state index contributed by atoms with van der Waals surface area (Å²) < 4.78 is 0. The summed E-state index contributed by atoms with van der Waals surface area (Å²) in [5.41, 5.74) is 5.38. The summed E-state index contributed by atoms with van der Waals surface area (Å²) in [6.45, 7) is 6.05. The van der Waals surface area contributed by atoms with Crippen LogP contribution in [0.4, 0.5) is 0 Å². The maximum atomic E-state index is 8.21. The second kappa shape index (κ2) is 7.56. The molecule has 0 spiro atoms. The fourth-order valence-electron chi connectivity index (χ4n) is 2.49. The van der Waals surface area contributed by atoms with Crippen molar-refractivity contribution < 1.29 is 0 Å². The third-order valence-corrected chi connectivity index (χ3v) is 3.53. The molecule has 1 nitrogen and oxygen atoms in total. The van der Waals surface area contributed by atoms with Gasteiger partial charge in [0.25, 0.3) is 0 Å². The topological polar surface area (TPSA) is 23.9 Å². The van der Waals surface area contributed by atoms with Crippen LogP contribution in [0.2, 0.25) is 0 Å². The molecule has 2 rings (SSSR count). The monoisotopic (exact) mass is 289 g/mol. The SMILES string of the molecule is CC(=N)C(C=C(C)C)C(=Cc1ccccc1)c1ccccc1. The molecule has 2 aromatic carbocycles. The van der Waals surface area contributed by atoms with E-state index in [1.54, 1.807) is 0 Å². The Morgan fingerprint density at radius 2 is 1.41 bits per heavy atom. The minimum atomic E-state index is 0.00704. The quantitative estimate of drug-likeness (QED) is 0.405. The van der Waals surface area contributed by atoms with Crippen LogP contribution in [0, 0.1) is 11.3 Å². The lowest BCUT2D eigenvalue weighted by atomic mass is 9.86. The molecule has 0 aliphatic carbocycles. The zero-order valence-electron chi connectivity index (χ0n) is 13.5. The fourth-order valence-corrected chi connectivity index (χ4v) is 2.49. The molecule has 0 fully saturated rings. The molecule has 1 N–H and O–H groups in total. The average molecular weight is 289 g/mol. The minimum absolute atomic E-state index is 0.00704. The van der Waals surface area contributed by atoms with E-state index < -0.39 is 0 Å². The Kier molecular flexibility index (Phi) is 5.48. The first-order valence-corrected chi connectivity index (χ1v) is 7.60. The molecule has 0 aliphatic heterocycles. The largest absolute Gasteiger partial charge is 0.309 e. The Morgan fingerprint density at radius 1 is 0.864 bits per heavy atom. The van der Waals surface area contributed by atoms with Crippen LogP contribution >= 0.6 is 0 Å². The van der Waals surface area contributed by atoms with Gasteiger partial charge in [0.05, 0.1) is 0 Å².